The van der Waals surface area contributed by atoms with Gasteiger partial charge in [-0.1, -0.05) is 17.7 Å². The molecule has 0 bridgehead atoms. The number of nitrogens with two attached hydrogens (primary N) is 1. The highest BCUT2D eigenvalue weighted by atomic mass is 32.2. The fourth-order valence-electron chi connectivity index (χ4n) is 2.35. The van der Waals surface area contributed by atoms with Crippen LogP contribution in [0.5, 0.6) is 5.75 Å². The maximum absolute atomic E-state index is 6.03. The Kier molecular flexibility index (Phi) is 4.61. The van der Waals surface area contributed by atoms with Gasteiger partial charge < -0.3 is 10.5 Å². The molecule has 0 aliphatic carbocycles. The number of nitrogen functional groups attached to an aromatic ring is 1. The summed E-state index contributed by atoms with van der Waals surface area (Å²) in [6.07, 6.45) is 0. The van der Waals surface area contributed by atoms with Crippen LogP contribution in [0.1, 0.15) is 22.3 Å². The van der Waals surface area contributed by atoms with Gasteiger partial charge in [-0.15, -0.1) is 11.8 Å². The highest BCUT2D eigenvalue weighted by molar-refractivity contribution is 7.98. The summed E-state index contributed by atoms with van der Waals surface area (Å²) in [7, 11) is 1.67. The van der Waals surface area contributed by atoms with E-state index in [0.29, 0.717) is 0 Å². The first kappa shape index (κ1) is 14.8. The van der Waals surface area contributed by atoms with Crippen molar-refractivity contribution in [1.82, 2.24) is 0 Å². The van der Waals surface area contributed by atoms with Crippen molar-refractivity contribution in [3.05, 3.63) is 52.6 Å². The van der Waals surface area contributed by atoms with Crippen LogP contribution in [0.4, 0.5) is 5.69 Å². The zero-order valence-electron chi connectivity index (χ0n) is 12.5. The Bertz CT molecular complexity index is 599. The Morgan fingerprint density at radius 1 is 1.05 bits per heavy atom. The molecule has 106 valence electrons. The quantitative estimate of drug-likeness (QED) is 0.664. The van der Waals surface area contributed by atoms with Crippen LogP contribution in [0.25, 0.3) is 0 Å². The standard InChI is InChI=1S/C17H21NOS/c1-11-7-12(2)15(13(3)8-11)10-20-17-9-14(19-4)5-6-16(17)18/h5-9H,10,18H2,1-4H3. The zero-order valence-corrected chi connectivity index (χ0v) is 13.3. The summed E-state index contributed by atoms with van der Waals surface area (Å²) in [6.45, 7) is 6.48. The highest BCUT2D eigenvalue weighted by Crippen LogP contribution is 2.33. The molecule has 0 aliphatic heterocycles. The summed E-state index contributed by atoms with van der Waals surface area (Å²) in [6, 6.07) is 10.3. The molecule has 0 aliphatic rings. The van der Waals surface area contributed by atoms with Gasteiger partial charge in [-0.25, -0.2) is 0 Å². The van der Waals surface area contributed by atoms with Gasteiger partial charge in [0.25, 0.3) is 0 Å². The molecule has 2 aromatic carbocycles. The molecule has 0 fully saturated rings. The molecular formula is C17H21NOS. The molecule has 2 N–H and O–H groups in total. The number of thioether (sulfide) groups is 1. The van der Waals surface area contributed by atoms with Gasteiger partial charge >= 0.3 is 0 Å². The van der Waals surface area contributed by atoms with Crippen LogP contribution < -0.4 is 10.5 Å². The lowest BCUT2D eigenvalue weighted by Crippen LogP contribution is -1.95. The van der Waals surface area contributed by atoms with Gasteiger partial charge in [0.2, 0.25) is 0 Å². The predicted octanol–water partition coefficient (Wildman–Crippen LogP) is 4.49. The number of ether oxygens (including phenoxy) is 1. The van der Waals surface area contributed by atoms with E-state index >= 15 is 0 Å². The van der Waals surface area contributed by atoms with Gasteiger partial charge in [0, 0.05) is 16.3 Å². The van der Waals surface area contributed by atoms with E-state index in [9.17, 15) is 0 Å². The third-order valence-corrected chi connectivity index (χ3v) is 4.53. The molecule has 0 unspecified atom stereocenters. The molecule has 0 atom stereocenters. The topological polar surface area (TPSA) is 35.2 Å². The van der Waals surface area contributed by atoms with Crippen LogP contribution in [0.2, 0.25) is 0 Å². The number of hydrogen-bond donors (Lipinski definition) is 1. The molecule has 3 heteroatoms. The molecule has 0 radical (unpaired) electrons. The molecule has 0 aromatic heterocycles. The van der Waals surface area contributed by atoms with Crippen LogP contribution in [0.3, 0.4) is 0 Å². The van der Waals surface area contributed by atoms with Crippen LogP contribution >= 0.6 is 11.8 Å². The summed E-state index contributed by atoms with van der Waals surface area (Å²) < 4.78 is 5.26. The highest BCUT2D eigenvalue weighted by Gasteiger charge is 2.07. The van der Waals surface area contributed by atoms with Crippen molar-refractivity contribution in [1.29, 1.82) is 0 Å². The van der Waals surface area contributed by atoms with Crippen molar-refractivity contribution in [2.24, 2.45) is 0 Å². The molecule has 2 aromatic rings. The van der Waals surface area contributed by atoms with Crippen LogP contribution in [-0.2, 0) is 5.75 Å². The lowest BCUT2D eigenvalue weighted by Gasteiger charge is -2.12. The molecule has 2 rings (SSSR count). The van der Waals surface area contributed by atoms with Gasteiger partial charge in [0.15, 0.2) is 0 Å². The maximum atomic E-state index is 6.03. The van der Waals surface area contributed by atoms with Gasteiger partial charge in [-0.05, 0) is 55.7 Å². The van der Waals surface area contributed by atoms with Crippen LogP contribution in [-0.4, -0.2) is 7.11 Å². The number of benzene rings is 2. The second-order valence-corrected chi connectivity index (χ2v) is 6.09. The van der Waals surface area contributed by atoms with E-state index in [1.54, 1.807) is 18.9 Å². The van der Waals surface area contributed by atoms with E-state index in [2.05, 4.69) is 32.9 Å². The Morgan fingerprint density at radius 3 is 2.30 bits per heavy atom. The Labute approximate surface area is 125 Å². The minimum atomic E-state index is 0.804. The Balaban J connectivity index is 2.21. The van der Waals surface area contributed by atoms with E-state index in [-0.39, 0.29) is 0 Å². The lowest BCUT2D eigenvalue weighted by atomic mass is 10.0. The number of aryl methyl sites for hydroxylation is 3. The number of anilines is 1. The van der Waals surface area contributed by atoms with Gasteiger partial charge in [-0.3, -0.25) is 0 Å². The van der Waals surface area contributed by atoms with Crippen molar-refractivity contribution in [3.8, 4) is 5.75 Å². The fourth-order valence-corrected chi connectivity index (χ4v) is 3.54. The molecule has 0 saturated heterocycles. The van der Waals surface area contributed by atoms with Crippen LogP contribution in [0, 0.1) is 20.8 Å². The Morgan fingerprint density at radius 2 is 1.70 bits per heavy atom. The van der Waals surface area contributed by atoms with Crippen molar-refractivity contribution in [3.63, 3.8) is 0 Å². The van der Waals surface area contributed by atoms with Crippen LogP contribution in [0.15, 0.2) is 35.2 Å². The Hall–Kier alpha value is -1.61. The molecule has 0 heterocycles. The van der Waals surface area contributed by atoms with Crippen molar-refractivity contribution in [2.45, 2.75) is 31.4 Å². The second kappa shape index (κ2) is 6.23. The maximum Gasteiger partial charge on any atom is 0.120 e. The van der Waals surface area contributed by atoms with Gasteiger partial charge in [0.1, 0.15) is 5.75 Å². The summed E-state index contributed by atoms with van der Waals surface area (Å²) in [4.78, 5) is 1.07. The summed E-state index contributed by atoms with van der Waals surface area (Å²) in [5, 5.41) is 0. The molecule has 20 heavy (non-hydrogen) atoms. The third kappa shape index (κ3) is 3.28. The number of rotatable bonds is 4. The zero-order chi connectivity index (χ0) is 14.7. The lowest BCUT2D eigenvalue weighted by molar-refractivity contribution is 0.414. The smallest absolute Gasteiger partial charge is 0.120 e. The first-order valence-corrected chi connectivity index (χ1v) is 7.63. The van der Waals surface area contributed by atoms with E-state index in [0.717, 1.165) is 22.1 Å². The summed E-state index contributed by atoms with van der Waals surface area (Å²) >= 11 is 1.76. The first-order valence-electron chi connectivity index (χ1n) is 6.64. The molecular weight excluding hydrogens is 266 g/mol. The predicted molar refractivity (Wildman–Crippen MR) is 87.6 cm³/mol. The molecule has 0 saturated carbocycles. The van der Waals surface area contributed by atoms with E-state index < -0.39 is 0 Å². The minimum absolute atomic E-state index is 0.804. The van der Waals surface area contributed by atoms with Crippen molar-refractivity contribution >= 4 is 17.4 Å². The third-order valence-electron chi connectivity index (χ3n) is 3.43. The van der Waals surface area contributed by atoms with E-state index in [4.69, 9.17) is 10.5 Å². The van der Waals surface area contributed by atoms with Gasteiger partial charge in [-0.2, -0.15) is 0 Å². The number of methoxy groups -OCH3 is 1. The first-order chi connectivity index (χ1) is 9.51. The SMILES string of the molecule is COc1ccc(N)c(SCc2c(C)cc(C)cc2C)c1. The average molecular weight is 287 g/mol. The fraction of sp³-hybridized carbons (Fsp3) is 0.294. The normalized spacial score (nSPS) is 10.6. The largest absolute Gasteiger partial charge is 0.497 e. The molecule has 0 spiro atoms. The van der Waals surface area contributed by atoms with Gasteiger partial charge in [0.05, 0.1) is 7.11 Å². The minimum Gasteiger partial charge on any atom is -0.497 e. The van der Waals surface area contributed by atoms with Crippen molar-refractivity contribution < 1.29 is 4.74 Å². The summed E-state index contributed by atoms with van der Waals surface area (Å²) in [5.41, 5.74) is 12.2. The summed E-state index contributed by atoms with van der Waals surface area (Å²) in [5.74, 6) is 1.77. The number of hydrogen-bond acceptors (Lipinski definition) is 3. The van der Waals surface area contributed by atoms with E-state index in [1.807, 2.05) is 18.2 Å². The van der Waals surface area contributed by atoms with E-state index in [1.165, 1.54) is 22.3 Å². The molecule has 2 nitrogen and oxygen atoms in total. The van der Waals surface area contributed by atoms with Crippen molar-refractivity contribution in [2.75, 3.05) is 12.8 Å². The monoisotopic (exact) mass is 287 g/mol. The second-order valence-electron chi connectivity index (χ2n) is 5.07. The molecule has 0 amide bonds. The average Bonchev–Trinajstić information content (AvgIpc) is 2.39.